The molecule has 0 radical (unpaired) electrons. The Morgan fingerprint density at radius 1 is 1.07 bits per heavy atom. The number of hydrogen-bond acceptors (Lipinski definition) is 6. The van der Waals surface area contributed by atoms with Crippen molar-refractivity contribution in [2.24, 2.45) is 0 Å². The zero-order valence-corrected chi connectivity index (χ0v) is 16.9. The molecule has 6 nitrogen and oxygen atoms in total. The maximum atomic E-state index is 13.5. The molecule has 3 aromatic rings. The Hall–Kier alpha value is -3.46. The van der Waals surface area contributed by atoms with Gasteiger partial charge in [0, 0.05) is 22.7 Å². The van der Waals surface area contributed by atoms with Crippen LogP contribution in [0.2, 0.25) is 0 Å². The van der Waals surface area contributed by atoms with Gasteiger partial charge in [-0.05, 0) is 30.3 Å². The summed E-state index contributed by atoms with van der Waals surface area (Å²) < 4.78 is 37.3. The highest BCUT2D eigenvalue weighted by atomic mass is 32.1. The van der Waals surface area contributed by atoms with Gasteiger partial charge in [0.1, 0.15) is 16.6 Å². The average Bonchev–Trinajstić information content (AvgIpc) is 3.33. The molecular weight excluding hydrogens is 412 g/mol. The molecule has 0 saturated heterocycles. The summed E-state index contributed by atoms with van der Waals surface area (Å²) in [5.74, 6) is -0.756. The van der Waals surface area contributed by atoms with Crippen LogP contribution in [0.5, 0.6) is 11.5 Å². The predicted molar refractivity (Wildman–Crippen MR) is 112 cm³/mol. The highest BCUT2D eigenvalue weighted by Crippen LogP contribution is 2.37. The first-order valence-corrected chi connectivity index (χ1v) is 9.72. The van der Waals surface area contributed by atoms with Crippen LogP contribution in [-0.4, -0.2) is 36.7 Å². The van der Waals surface area contributed by atoms with Crippen LogP contribution in [0.4, 0.5) is 14.5 Å². The number of aliphatic hydroxyl groups is 1. The minimum absolute atomic E-state index is 0.000900. The number of rotatable bonds is 5. The molecule has 30 heavy (non-hydrogen) atoms. The van der Waals surface area contributed by atoms with Crippen molar-refractivity contribution in [1.82, 2.24) is 4.98 Å². The molecule has 2 N–H and O–H groups in total. The van der Waals surface area contributed by atoms with E-state index < -0.39 is 11.6 Å². The lowest BCUT2D eigenvalue weighted by Crippen LogP contribution is -2.26. The predicted octanol–water partition coefficient (Wildman–Crippen LogP) is 4.87. The molecule has 2 heterocycles. The molecular formula is C21H17F2N3O3S. The molecule has 0 unspecified atom stereocenters. The molecule has 1 aliphatic rings. The SMILES string of the molecule is COc1ccc(N2CC(O)=C(c3nc(-c4ccc(F)c(F)c4)cs3)C2=N)cc1OC. The van der Waals surface area contributed by atoms with Crippen LogP contribution >= 0.6 is 11.3 Å². The summed E-state index contributed by atoms with van der Waals surface area (Å²) in [6, 6.07) is 8.75. The summed E-state index contributed by atoms with van der Waals surface area (Å²) in [6.07, 6.45) is 0. The molecule has 0 spiro atoms. The smallest absolute Gasteiger partial charge is 0.162 e. The third-order valence-corrected chi connectivity index (χ3v) is 5.58. The molecule has 0 bridgehead atoms. The number of nitrogens with one attached hydrogen (secondary N) is 1. The average molecular weight is 429 g/mol. The summed E-state index contributed by atoms with van der Waals surface area (Å²) >= 11 is 1.21. The monoisotopic (exact) mass is 429 g/mol. The second-order valence-electron chi connectivity index (χ2n) is 6.46. The van der Waals surface area contributed by atoms with Crippen LogP contribution in [0.3, 0.4) is 0 Å². The number of halogens is 2. The third-order valence-electron chi connectivity index (χ3n) is 4.72. The van der Waals surface area contributed by atoms with E-state index in [-0.39, 0.29) is 18.1 Å². The van der Waals surface area contributed by atoms with E-state index in [1.807, 2.05) is 0 Å². The number of nitrogens with zero attached hydrogens (tertiary/aromatic N) is 2. The lowest BCUT2D eigenvalue weighted by atomic mass is 10.1. The fourth-order valence-electron chi connectivity index (χ4n) is 3.19. The molecule has 154 valence electrons. The van der Waals surface area contributed by atoms with Gasteiger partial charge < -0.3 is 19.5 Å². The number of thiazole rings is 1. The van der Waals surface area contributed by atoms with Crippen LogP contribution in [0.15, 0.2) is 47.5 Å². The Labute approximate surface area is 175 Å². The highest BCUT2D eigenvalue weighted by molar-refractivity contribution is 7.11. The quantitative estimate of drug-likeness (QED) is 0.605. The molecule has 0 aliphatic carbocycles. The molecule has 9 heteroatoms. The maximum Gasteiger partial charge on any atom is 0.162 e. The second kappa shape index (κ2) is 7.75. The van der Waals surface area contributed by atoms with Gasteiger partial charge in [-0.1, -0.05) is 0 Å². The summed E-state index contributed by atoms with van der Waals surface area (Å²) in [5.41, 5.74) is 1.80. The fraction of sp³-hybridized carbons (Fsp3) is 0.143. The molecule has 4 rings (SSSR count). The summed E-state index contributed by atoms with van der Waals surface area (Å²) in [5, 5.41) is 21.2. The first-order valence-electron chi connectivity index (χ1n) is 8.85. The number of amidine groups is 1. The van der Waals surface area contributed by atoms with E-state index in [2.05, 4.69) is 4.98 Å². The fourth-order valence-corrected chi connectivity index (χ4v) is 4.09. The Bertz CT molecular complexity index is 1180. The molecule has 1 aliphatic heterocycles. The van der Waals surface area contributed by atoms with Crippen LogP contribution in [0.25, 0.3) is 16.8 Å². The third kappa shape index (κ3) is 3.37. The van der Waals surface area contributed by atoms with Crippen molar-refractivity contribution in [3.8, 4) is 22.8 Å². The Morgan fingerprint density at radius 2 is 1.83 bits per heavy atom. The first kappa shape index (κ1) is 19.8. The van der Waals surface area contributed by atoms with Crippen molar-refractivity contribution in [1.29, 1.82) is 5.41 Å². The molecule has 2 aromatic carbocycles. The number of benzene rings is 2. The van der Waals surface area contributed by atoms with Crippen molar-refractivity contribution in [3.63, 3.8) is 0 Å². The van der Waals surface area contributed by atoms with Crippen LogP contribution < -0.4 is 14.4 Å². The topological polar surface area (TPSA) is 78.7 Å². The van der Waals surface area contributed by atoms with Gasteiger partial charge in [0.15, 0.2) is 23.1 Å². The summed E-state index contributed by atoms with van der Waals surface area (Å²) in [7, 11) is 3.06. The number of hydrogen-bond donors (Lipinski definition) is 2. The number of methoxy groups -OCH3 is 2. The van der Waals surface area contributed by atoms with Crippen LogP contribution in [0.1, 0.15) is 5.01 Å². The van der Waals surface area contributed by atoms with Gasteiger partial charge in [0.25, 0.3) is 0 Å². The van der Waals surface area contributed by atoms with Crippen molar-refractivity contribution >= 4 is 28.4 Å². The van der Waals surface area contributed by atoms with Gasteiger partial charge in [-0.25, -0.2) is 13.8 Å². The molecule has 1 aromatic heterocycles. The van der Waals surface area contributed by atoms with E-state index in [1.54, 1.807) is 28.5 Å². The zero-order chi connectivity index (χ0) is 21.4. The Balaban J connectivity index is 1.63. The molecule has 0 fully saturated rings. The first-order chi connectivity index (χ1) is 14.4. The molecule has 0 saturated carbocycles. The largest absolute Gasteiger partial charge is 0.510 e. The van der Waals surface area contributed by atoms with Crippen LogP contribution in [0, 0.1) is 17.0 Å². The van der Waals surface area contributed by atoms with Gasteiger partial charge in [-0.15, -0.1) is 11.3 Å². The number of anilines is 1. The summed E-state index contributed by atoms with van der Waals surface area (Å²) in [6.45, 7) is 0.101. The van der Waals surface area contributed by atoms with E-state index in [4.69, 9.17) is 14.9 Å². The number of aliphatic hydroxyl groups excluding tert-OH is 1. The van der Waals surface area contributed by atoms with E-state index in [0.29, 0.717) is 39.0 Å². The lowest BCUT2D eigenvalue weighted by Gasteiger charge is -2.20. The Morgan fingerprint density at radius 3 is 2.53 bits per heavy atom. The van der Waals surface area contributed by atoms with E-state index in [9.17, 15) is 13.9 Å². The highest BCUT2D eigenvalue weighted by Gasteiger charge is 2.31. The maximum absolute atomic E-state index is 13.5. The summed E-state index contributed by atoms with van der Waals surface area (Å²) in [4.78, 5) is 6.04. The van der Waals surface area contributed by atoms with Crippen molar-refractivity contribution in [3.05, 3.63) is 64.2 Å². The number of aromatic nitrogens is 1. The Kier molecular flexibility index (Phi) is 5.13. The second-order valence-corrected chi connectivity index (χ2v) is 7.32. The van der Waals surface area contributed by atoms with E-state index in [1.165, 1.54) is 31.6 Å². The molecule has 0 amide bonds. The van der Waals surface area contributed by atoms with Gasteiger partial charge >= 0.3 is 0 Å². The van der Waals surface area contributed by atoms with Crippen molar-refractivity contribution < 1.29 is 23.4 Å². The van der Waals surface area contributed by atoms with E-state index >= 15 is 0 Å². The van der Waals surface area contributed by atoms with E-state index in [0.717, 1.165) is 12.1 Å². The molecule has 0 atom stereocenters. The van der Waals surface area contributed by atoms with Gasteiger partial charge in [-0.2, -0.15) is 0 Å². The number of ether oxygens (including phenoxy) is 2. The van der Waals surface area contributed by atoms with Crippen LogP contribution in [-0.2, 0) is 0 Å². The van der Waals surface area contributed by atoms with Gasteiger partial charge in [-0.3, -0.25) is 5.41 Å². The van der Waals surface area contributed by atoms with Gasteiger partial charge in [0.05, 0.1) is 32.0 Å². The zero-order valence-electron chi connectivity index (χ0n) is 16.1. The lowest BCUT2D eigenvalue weighted by molar-refractivity contribution is 0.355. The standard InChI is InChI=1S/C21H17F2N3O3S/c1-28-17-6-4-12(8-18(17)29-2)26-9-16(27)19(20(26)24)21-25-15(10-30-21)11-3-5-13(22)14(23)7-11/h3-8,10,24,27H,9H2,1-2H3. The minimum atomic E-state index is -0.961. The van der Waals surface area contributed by atoms with Crippen molar-refractivity contribution in [2.45, 2.75) is 0 Å². The van der Waals surface area contributed by atoms with Gasteiger partial charge in [0.2, 0.25) is 0 Å². The van der Waals surface area contributed by atoms with Crippen molar-refractivity contribution in [2.75, 3.05) is 25.7 Å². The minimum Gasteiger partial charge on any atom is -0.510 e. The normalized spacial score (nSPS) is 13.9.